The Labute approximate surface area is 130 Å². The number of nitrogens with zero attached hydrogens (tertiary/aromatic N) is 1. The van der Waals surface area contributed by atoms with Gasteiger partial charge in [0.05, 0.1) is 12.6 Å². The maximum atomic E-state index is 13.6. The number of anilines is 1. The summed E-state index contributed by atoms with van der Waals surface area (Å²) < 4.78 is 32.3. The average Bonchev–Trinajstić information content (AvgIpc) is 2.57. The molecule has 0 unspecified atom stereocenters. The number of hydrogen-bond donors (Lipinski definition) is 1. The van der Waals surface area contributed by atoms with Crippen molar-refractivity contribution in [3.8, 4) is 5.75 Å². The van der Waals surface area contributed by atoms with Gasteiger partial charge in [-0.15, -0.1) is 0 Å². The molecule has 23 heavy (non-hydrogen) atoms. The number of halogens is 2. The van der Waals surface area contributed by atoms with E-state index >= 15 is 0 Å². The molecule has 0 spiro atoms. The summed E-state index contributed by atoms with van der Waals surface area (Å²) in [6, 6.07) is 11.7. The maximum absolute atomic E-state index is 13.6. The Morgan fingerprint density at radius 2 is 1.83 bits per heavy atom. The first-order chi connectivity index (χ1) is 11.1. The number of ether oxygens (including phenoxy) is 1. The molecule has 0 aliphatic heterocycles. The third-order valence-corrected chi connectivity index (χ3v) is 3.33. The van der Waals surface area contributed by atoms with Gasteiger partial charge in [0, 0.05) is 5.39 Å². The quantitative estimate of drug-likeness (QED) is 0.800. The van der Waals surface area contributed by atoms with E-state index in [2.05, 4.69) is 10.3 Å². The van der Waals surface area contributed by atoms with E-state index in [4.69, 9.17) is 4.74 Å². The minimum atomic E-state index is -0.844. The SMILES string of the molecule is COc1ccc2nc(C(=O)Nc3c(F)cccc3F)ccc2c1. The lowest BCUT2D eigenvalue weighted by atomic mass is 10.2. The number of methoxy groups -OCH3 is 1. The highest BCUT2D eigenvalue weighted by atomic mass is 19.1. The van der Waals surface area contributed by atoms with Crippen LogP contribution < -0.4 is 10.1 Å². The van der Waals surface area contributed by atoms with Gasteiger partial charge in [-0.1, -0.05) is 12.1 Å². The topological polar surface area (TPSA) is 51.2 Å². The summed E-state index contributed by atoms with van der Waals surface area (Å²) in [4.78, 5) is 16.3. The van der Waals surface area contributed by atoms with E-state index in [9.17, 15) is 13.6 Å². The second-order valence-corrected chi connectivity index (χ2v) is 4.81. The summed E-state index contributed by atoms with van der Waals surface area (Å²) in [7, 11) is 1.55. The molecule has 0 saturated carbocycles. The van der Waals surface area contributed by atoms with Crippen LogP contribution in [0.25, 0.3) is 10.9 Å². The monoisotopic (exact) mass is 314 g/mol. The van der Waals surface area contributed by atoms with E-state index < -0.39 is 23.2 Å². The molecule has 6 heteroatoms. The van der Waals surface area contributed by atoms with E-state index in [1.54, 1.807) is 31.4 Å². The highest BCUT2D eigenvalue weighted by Crippen LogP contribution is 2.21. The van der Waals surface area contributed by atoms with Crippen LogP contribution in [-0.4, -0.2) is 18.0 Å². The third-order valence-electron chi connectivity index (χ3n) is 3.33. The molecule has 1 N–H and O–H groups in total. The highest BCUT2D eigenvalue weighted by molar-refractivity contribution is 6.04. The van der Waals surface area contributed by atoms with Crippen molar-refractivity contribution in [2.45, 2.75) is 0 Å². The first kappa shape index (κ1) is 14.9. The van der Waals surface area contributed by atoms with Crippen molar-refractivity contribution < 1.29 is 18.3 Å². The van der Waals surface area contributed by atoms with Crippen molar-refractivity contribution in [2.75, 3.05) is 12.4 Å². The predicted octanol–water partition coefficient (Wildman–Crippen LogP) is 3.77. The van der Waals surface area contributed by atoms with Crippen LogP contribution in [0.4, 0.5) is 14.5 Å². The molecule has 0 atom stereocenters. The summed E-state index contributed by atoms with van der Waals surface area (Å²) in [6.45, 7) is 0. The Morgan fingerprint density at radius 1 is 1.09 bits per heavy atom. The fourth-order valence-corrected chi connectivity index (χ4v) is 2.15. The molecular weight excluding hydrogens is 302 g/mol. The van der Waals surface area contributed by atoms with E-state index in [-0.39, 0.29) is 5.69 Å². The number of hydrogen-bond acceptors (Lipinski definition) is 3. The summed E-state index contributed by atoms with van der Waals surface area (Å²) in [6.07, 6.45) is 0. The zero-order chi connectivity index (χ0) is 16.4. The zero-order valence-electron chi connectivity index (χ0n) is 12.1. The van der Waals surface area contributed by atoms with Gasteiger partial charge < -0.3 is 10.1 Å². The van der Waals surface area contributed by atoms with Crippen molar-refractivity contribution >= 4 is 22.5 Å². The largest absolute Gasteiger partial charge is 0.497 e. The maximum Gasteiger partial charge on any atom is 0.274 e. The van der Waals surface area contributed by atoms with Gasteiger partial charge in [0.2, 0.25) is 0 Å². The molecule has 1 aromatic heterocycles. The Hall–Kier alpha value is -3.02. The second-order valence-electron chi connectivity index (χ2n) is 4.81. The number of fused-ring (bicyclic) bond motifs is 1. The van der Waals surface area contributed by atoms with Gasteiger partial charge in [0.1, 0.15) is 28.8 Å². The van der Waals surface area contributed by atoms with Crippen LogP contribution in [0.3, 0.4) is 0 Å². The molecule has 0 saturated heterocycles. The molecule has 0 aliphatic rings. The summed E-state index contributed by atoms with van der Waals surface area (Å²) in [5.41, 5.74) is 0.145. The normalized spacial score (nSPS) is 10.6. The predicted molar refractivity (Wildman–Crippen MR) is 82.6 cm³/mol. The van der Waals surface area contributed by atoms with Gasteiger partial charge in [0.25, 0.3) is 5.91 Å². The van der Waals surface area contributed by atoms with Crippen LogP contribution in [0.2, 0.25) is 0 Å². The van der Waals surface area contributed by atoms with E-state index in [1.165, 1.54) is 12.1 Å². The van der Waals surface area contributed by atoms with E-state index in [0.29, 0.717) is 11.3 Å². The number of amides is 1. The minimum absolute atomic E-state index is 0.0605. The number of rotatable bonds is 3. The number of carbonyl (C=O) groups excluding carboxylic acids is 1. The molecule has 0 bridgehead atoms. The van der Waals surface area contributed by atoms with Gasteiger partial charge in [-0.25, -0.2) is 13.8 Å². The Bertz CT molecular complexity index is 877. The van der Waals surface area contributed by atoms with Gasteiger partial charge >= 0.3 is 0 Å². The van der Waals surface area contributed by atoms with Crippen molar-refractivity contribution in [1.82, 2.24) is 4.98 Å². The molecule has 4 nitrogen and oxygen atoms in total. The average molecular weight is 314 g/mol. The van der Waals surface area contributed by atoms with Gasteiger partial charge in [-0.2, -0.15) is 0 Å². The fraction of sp³-hybridized carbons (Fsp3) is 0.0588. The van der Waals surface area contributed by atoms with Gasteiger partial charge in [-0.3, -0.25) is 4.79 Å². The van der Waals surface area contributed by atoms with Crippen LogP contribution in [0.1, 0.15) is 10.5 Å². The first-order valence-electron chi connectivity index (χ1n) is 6.78. The van der Waals surface area contributed by atoms with Crippen LogP contribution in [0.15, 0.2) is 48.5 Å². The Balaban J connectivity index is 1.92. The molecule has 0 aliphatic carbocycles. The molecule has 0 fully saturated rings. The standard InChI is InChI=1S/C17H12F2N2O2/c1-23-11-6-8-14-10(9-11)5-7-15(20-14)17(22)21-16-12(18)3-2-4-13(16)19/h2-9H,1H3,(H,21,22). The second kappa shape index (κ2) is 6.00. The summed E-state index contributed by atoms with van der Waals surface area (Å²) in [5, 5.41) is 3.00. The van der Waals surface area contributed by atoms with Gasteiger partial charge in [0.15, 0.2) is 0 Å². The van der Waals surface area contributed by atoms with Crippen molar-refractivity contribution in [1.29, 1.82) is 0 Å². The van der Waals surface area contributed by atoms with Crippen molar-refractivity contribution in [2.24, 2.45) is 0 Å². The van der Waals surface area contributed by atoms with Gasteiger partial charge in [-0.05, 0) is 36.4 Å². The molecule has 0 radical (unpaired) electrons. The Morgan fingerprint density at radius 3 is 2.52 bits per heavy atom. The molecule has 3 aromatic rings. The van der Waals surface area contributed by atoms with Crippen molar-refractivity contribution in [3.63, 3.8) is 0 Å². The molecule has 116 valence electrons. The van der Waals surface area contributed by atoms with E-state index in [0.717, 1.165) is 17.5 Å². The lowest BCUT2D eigenvalue weighted by molar-refractivity contribution is 0.102. The summed E-state index contributed by atoms with van der Waals surface area (Å²) >= 11 is 0. The number of carbonyl (C=O) groups is 1. The van der Waals surface area contributed by atoms with Crippen molar-refractivity contribution in [3.05, 3.63) is 65.9 Å². The number of aromatic nitrogens is 1. The number of pyridine rings is 1. The molecule has 3 rings (SSSR count). The summed E-state index contributed by atoms with van der Waals surface area (Å²) in [5.74, 6) is -1.70. The van der Waals surface area contributed by atoms with Crippen LogP contribution in [-0.2, 0) is 0 Å². The molecule has 2 aromatic carbocycles. The number of benzene rings is 2. The highest BCUT2D eigenvalue weighted by Gasteiger charge is 2.14. The minimum Gasteiger partial charge on any atom is -0.497 e. The van der Waals surface area contributed by atoms with Crippen LogP contribution in [0.5, 0.6) is 5.75 Å². The lowest BCUT2D eigenvalue weighted by Gasteiger charge is -2.08. The van der Waals surface area contributed by atoms with Crippen LogP contribution >= 0.6 is 0 Å². The third kappa shape index (κ3) is 2.96. The number of para-hydroxylation sites is 1. The first-order valence-corrected chi connectivity index (χ1v) is 6.78. The van der Waals surface area contributed by atoms with Crippen LogP contribution in [0, 0.1) is 11.6 Å². The fourth-order valence-electron chi connectivity index (χ4n) is 2.15. The smallest absolute Gasteiger partial charge is 0.274 e. The van der Waals surface area contributed by atoms with E-state index in [1.807, 2.05) is 0 Å². The zero-order valence-corrected chi connectivity index (χ0v) is 12.1. The molecule has 1 heterocycles. The molecule has 1 amide bonds. The lowest BCUT2D eigenvalue weighted by Crippen LogP contribution is -2.15. The Kier molecular flexibility index (Phi) is 3.89. The molecular formula is C17H12F2N2O2. The number of nitrogens with one attached hydrogen (secondary N) is 1.